The van der Waals surface area contributed by atoms with Gasteiger partial charge in [0.2, 0.25) is 0 Å². The van der Waals surface area contributed by atoms with E-state index in [1.807, 2.05) is 26.0 Å². The molecule has 20 heavy (non-hydrogen) atoms. The molecule has 3 N–H and O–H groups in total. The zero-order chi connectivity index (χ0) is 14.9. The van der Waals surface area contributed by atoms with Crippen molar-refractivity contribution < 1.29 is 4.79 Å². The first kappa shape index (κ1) is 14.6. The molecule has 1 heterocycles. The maximum Gasteiger partial charge on any atom is 0.274 e. The standard InChI is InChI=1S/C14H17BrN4O/c1-4-9-7-12(19(3)18-9)14(20)17-13-10(15)5-8(2)6-11(13)16/h5-7H,4,16H2,1-3H3,(H,17,20). The van der Waals surface area contributed by atoms with Crippen LogP contribution >= 0.6 is 15.9 Å². The van der Waals surface area contributed by atoms with Crippen LogP contribution in [0.5, 0.6) is 0 Å². The Morgan fingerprint density at radius 1 is 1.45 bits per heavy atom. The van der Waals surface area contributed by atoms with Crippen LogP contribution in [-0.2, 0) is 13.5 Å². The van der Waals surface area contributed by atoms with Gasteiger partial charge in [-0.2, -0.15) is 5.10 Å². The zero-order valence-electron chi connectivity index (χ0n) is 11.7. The summed E-state index contributed by atoms with van der Waals surface area (Å²) >= 11 is 3.42. The van der Waals surface area contributed by atoms with E-state index in [1.54, 1.807) is 17.8 Å². The van der Waals surface area contributed by atoms with E-state index in [4.69, 9.17) is 5.73 Å². The SMILES string of the molecule is CCc1cc(C(=O)Nc2c(N)cc(C)cc2Br)n(C)n1. The summed E-state index contributed by atoms with van der Waals surface area (Å²) in [6, 6.07) is 5.52. The molecule has 0 spiro atoms. The van der Waals surface area contributed by atoms with Gasteiger partial charge in [0.1, 0.15) is 5.69 Å². The molecule has 1 aromatic carbocycles. The van der Waals surface area contributed by atoms with Gasteiger partial charge in [0.05, 0.1) is 17.1 Å². The van der Waals surface area contributed by atoms with Crippen molar-refractivity contribution in [2.75, 3.05) is 11.1 Å². The number of carbonyl (C=O) groups is 1. The van der Waals surface area contributed by atoms with Gasteiger partial charge in [-0.15, -0.1) is 0 Å². The van der Waals surface area contributed by atoms with Crippen LogP contribution in [0, 0.1) is 6.92 Å². The second-order valence-electron chi connectivity index (χ2n) is 4.66. The summed E-state index contributed by atoms with van der Waals surface area (Å²) in [5, 5.41) is 7.09. The van der Waals surface area contributed by atoms with E-state index in [9.17, 15) is 4.79 Å². The molecule has 0 fully saturated rings. The maximum absolute atomic E-state index is 12.3. The van der Waals surface area contributed by atoms with Gasteiger partial charge in [0.15, 0.2) is 0 Å². The van der Waals surface area contributed by atoms with E-state index in [0.717, 1.165) is 22.2 Å². The van der Waals surface area contributed by atoms with E-state index in [-0.39, 0.29) is 5.91 Å². The third-order valence-electron chi connectivity index (χ3n) is 3.03. The third kappa shape index (κ3) is 2.85. The molecule has 1 amide bonds. The molecule has 1 aromatic heterocycles. The number of nitrogens with one attached hydrogen (secondary N) is 1. The number of aryl methyl sites for hydroxylation is 3. The summed E-state index contributed by atoms with van der Waals surface area (Å²) in [5.41, 5.74) is 9.48. The van der Waals surface area contributed by atoms with Gasteiger partial charge < -0.3 is 11.1 Å². The number of anilines is 2. The van der Waals surface area contributed by atoms with Crippen LogP contribution in [0.4, 0.5) is 11.4 Å². The van der Waals surface area contributed by atoms with Crippen LogP contribution in [0.2, 0.25) is 0 Å². The Labute approximate surface area is 126 Å². The predicted molar refractivity (Wildman–Crippen MR) is 83.8 cm³/mol. The molecule has 6 heteroatoms. The summed E-state index contributed by atoms with van der Waals surface area (Å²) in [4.78, 5) is 12.3. The predicted octanol–water partition coefficient (Wildman–Crippen LogP) is 2.89. The Morgan fingerprint density at radius 2 is 2.15 bits per heavy atom. The monoisotopic (exact) mass is 336 g/mol. The minimum Gasteiger partial charge on any atom is -0.397 e. The third-order valence-corrected chi connectivity index (χ3v) is 3.65. The number of halogens is 1. The van der Waals surface area contributed by atoms with Crippen molar-refractivity contribution in [3.8, 4) is 0 Å². The molecular formula is C14H17BrN4O. The minimum absolute atomic E-state index is 0.226. The fraction of sp³-hybridized carbons (Fsp3) is 0.286. The minimum atomic E-state index is -0.226. The van der Waals surface area contributed by atoms with Crippen LogP contribution in [0.25, 0.3) is 0 Å². The highest BCUT2D eigenvalue weighted by molar-refractivity contribution is 9.10. The number of carbonyl (C=O) groups excluding carboxylic acids is 1. The van der Waals surface area contributed by atoms with Crippen LogP contribution in [0.1, 0.15) is 28.7 Å². The van der Waals surface area contributed by atoms with Crippen molar-refractivity contribution in [2.24, 2.45) is 7.05 Å². The van der Waals surface area contributed by atoms with Gasteiger partial charge >= 0.3 is 0 Å². The van der Waals surface area contributed by atoms with Gasteiger partial charge in [-0.05, 0) is 53.0 Å². The zero-order valence-corrected chi connectivity index (χ0v) is 13.3. The second-order valence-corrected chi connectivity index (χ2v) is 5.52. The largest absolute Gasteiger partial charge is 0.397 e. The lowest BCUT2D eigenvalue weighted by molar-refractivity contribution is 0.101. The quantitative estimate of drug-likeness (QED) is 0.846. The van der Waals surface area contributed by atoms with E-state index < -0.39 is 0 Å². The molecule has 106 valence electrons. The number of aromatic nitrogens is 2. The molecular weight excluding hydrogens is 320 g/mol. The number of hydrogen-bond acceptors (Lipinski definition) is 3. The normalized spacial score (nSPS) is 10.6. The van der Waals surface area contributed by atoms with Crippen LogP contribution in [0.3, 0.4) is 0 Å². The van der Waals surface area contributed by atoms with Crippen LogP contribution in [0.15, 0.2) is 22.7 Å². The Hall–Kier alpha value is -1.82. The molecule has 0 atom stereocenters. The molecule has 2 aromatic rings. The molecule has 5 nitrogen and oxygen atoms in total. The summed E-state index contributed by atoms with van der Waals surface area (Å²) in [6.45, 7) is 3.94. The first-order valence-electron chi connectivity index (χ1n) is 6.32. The Morgan fingerprint density at radius 3 is 2.70 bits per heavy atom. The number of nitrogens with zero attached hydrogens (tertiary/aromatic N) is 2. The van der Waals surface area contributed by atoms with Crippen LogP contribution in [-0.4, -0.2) is 15.7 Å². The highest BCUT2D eigenvalue weighted by atomic mass is 79.9. The van der Waals surface area contributed by atoms with Crippen molar-refractivity contribution in [1.82, 2.24) is 9.78 Å². The first-order valence-corrected chi connectivity index (χ1v) is 7.11. The van der Waals surface area contributed by atoms with Crippen LogP contribution < -0.4 is 11.1 Å². The molecule has 0 saturated carbocycles. The molecule has 2 rings (SSSR count). The lowest BCUT2D eigenvalue weighted by atomic mass is 10.2. The fourth-order valence-electron chi connectivity index (χ4n) is 1.99. The van der Waals surface area contributed by atoms with E-state index in [1.165, 1.54) is 0 Å². The number of rotatable bonds is 3. The van der Waals surface area contributed by atoms with Crippen molar-refractivity contribution in [3.05, 3.63) is 39.6 Å². The molecule has 0 bridgehead atoms. The number of benzene rings is 1. The van der Waals surface area contributed by atoms with E-state index in [0.29, 0.717) is 17.1 Å². The number of hydrogen-bond donors (Lipinski definition) is 2. The summed E-state index contributed by atoms with van der Waals surface area (Å²) in [6.07, 6.45) is 0.789. The van der Waals surface area contributed by atoms with Gasteiger partial charge in [0.25, 0.3) is 5.91 Å². The lowest BCUT2D eigenvalue weighted by Gasteiger charge is -2.11. The van der Waals surface area contributed by atoms with Gasteiger partial charge in [-0.3, -0.25) is 9.48 Å². The second kappa shape index (κ2) is 5.66. The maximum atomic E-state index is 12.3. The van der Waals surface area contributed by atoms with Gasteiger partial charge in [-0.25, -0.2) is 0 Å². The van der Waals surface area contributed by atoms with Crippen molar-refractivity contribution in [2.45, 2.75) is 20.3 Å². The average molecular weight is 337 g/mol. The van der Waals surface area contributed by atoms with Gasteiger partial charge in [-0.1, -0.05) is 6.92 Å². The average Bonchev–Trinajstić information content (AvgIpc) is 2.75. The topological polar surface area (TPSA) is 72.9 Å². The Kier molecular flexibility index (Phi) is 4.13. The summed E-state index contributed by atoms with van der Waals surface area (Å²) < 4.78 is 2.34. The highest BCUT2D eigenvalue weighted by Crippen LogP contribution is 2.30. The molecule has 0 aliphatic heterocycles. The molecule has 0 aliphatic carbocycles. The number of amides is 1. The lowest BCUT2D eigenvalue weighted by Crippen LogP contribution is -2.17. The van der Waals surface area contributed by atoms with Crippen molar-refractivity contribution in [3.63, 3.8) is 0 Å². The molecule has 0 aliphatic rings. The van der Waals surface area contributed by atoms with E-state index >= 15 is 0 Å². The van der Waals surface area contributed by atoms with Gasteiger partial charge in [0, 0.05) is 11.5 Å². The van der Waals surface area contributed by atoms with Crippen molar-refractivity contribution in [1.29, 1.82) is 0 Å². The highest BCUT2D eigenvalue weighted by Gasteiger charge is 2.15. The van der Waals surface area contributed by atoms with E-state index in [2.05, 4.69) is 26.3 Å². The molecule has 0 unspecified atom stereocenters. The number of nitrogen functional groups attached to an aromatic ring is 1. The fourth-order valence-corrected chi connectivity index (χ4v) is 2.68. The Bertz CT molecular complexity index is 640. The Balaban J connectivity index is 2.30. The molecule has 0 radical (unpaired) electrons. The number of nitrogens with two attached hydrogens (primary N) is 1. The first-order chi connectivity index (χ1) is 9.42. The van der Waals surface area contributed by atoms with Crippen molar-refractivity contribution >= 4 is 33.2 Å². The summed E-state index contributed by atoms with van der Waals surface area (Å²) in [7, 11) is 1.75. The molecule has 0 saturated heterocycles. The smallest absolute Gasteiger partial charge is 0.274 e. The summed E-state index contributed by atoms with van der Waals surface area (Å²) in [5.74, 6) is -0.226.